The SMILES string of the molecule is CCCCc1ccc(Oc2nnc(Cl)c(C)c2C)cc1. The van der Waals surface area contributed by atoms with Crippen molar-refractivity contribution in [1.82, 2.24) is 10.2 Å². The van der Waals surface area contributed by atoms with Gasteiger partial charge in [0.05, 0.1) is 0 Å². The monoisotopic (exact) mass is 290 g/mol. The lowest BCUT2D eigenvalue weighted by atomic mass is 10.1. The molecule has 0 spiro atoms. The number of aromatic nitrogens is 2. The molecular formula is C16H19ClN2O. The van der Waals surface area contributed by atoms with E-state index in [1.807, 2.05) is 26.0 Å². The van der Waals surface area contributed by atoms with Gasteiger partial charge in [-0.15, -0.1) is 10.2 Å². The predicted octanol–water partition coefficient (Wildman–Crippen LogP) is 4.88. The smallest absolute Gasteiger partial charge is 0.242 e. The van der Waals surface area contributed by atoms with Crippen molar-refractivity contribution in [3.63, 3.8) is 0 Å². The van der Waals surface area contributed by atoms with Gasteiger partial charge in [-0.25, -0.2) is 0 Å². The Morgan fingerprint density at radius 3 is 2.40 bits per heavy atom. The van der Waals surface area contributed by atoms with Crippen LogP contribution in [0.2, 0.25) is 5.15 Å². The number of nitrogens with zero attached hydrogens (tertiary/aromatic N) is 2. The van der Waals surface area contributed by atoms with Crippen LogP contribution in [-0.2, 0) is 6.42 Å². The molecule has 2 aromatic rings. The zero-order valence-electron chi connectivity index (χ0n) is 12.1. The minimum Gasteiger partial charge on any atom is -0.437 e. The van der Waals surface area contributed by atoms with Crippen LogP contribution in [0, 0.1) is 13.8 Å². The molecule has 0 saturated heterocycles. The van der Waals surface area contributed by atoms with Crippen LogP contribution in [0.5, 0.6) is 11.6 Å². The molecule has 0 fully saturated rings. The van der Waals surface area contributed by atoms with Crippen molar-refractivity contribution in [3.05, 3.63) is 46.1 Å². The van der Waals surface area contributed by atoms with Crippen molar-refractivity contribution in [3.8, 4) is 11.6 Å². The Morgan fingerprint density at radius 1 is 1.05 bits per heavy atom. The molecule has 0 aliphatic rings. The fourth-order valence-electron chi connectivity index (χ4n) is 1.87. The number of rotatable bonds is 5. The van der Waals surface area contributed by atoms with Gasteiger partial charge in [0.2, 0.25) is 5.88 Å². The summed E-state index contributed by atoms with van der Waals surface area (Å²) in [7, 11) is 0. The summed E-state index contributed by atoms with van der Waals surface area (Å²) in [5.74, 6) is 1.28. The van der Waals surface area contributed by atoms with Crippen LogP contribution in [0.15, 0.2) is 24.3 Å². The molecule has 0 atom stereocenters. The van der Waals surface area contributed by atoms with E-state index < -0.39 is 0 Å². The highest BCUT2D eigenvalue weighted by molar-refractivity contribution is 6.30. The zero-order chi connectivity index (χ0) is 14.5. The lowest BCUT2D eigenvalue weighted by Gasteiger charge is -2.09. The lowest BCUT2D eigenvalue weighted by Crippen LogP contribution is -1.97. The Morgan fingerprint density at radius 2 is 1.75 bits per heavy atom. The highest BCUT2D eigenvalue weighted by Crippen LogP contribution is 2.27. The van der Waals surface area contributed by atoms with E-state index in [0.717, 1.165) is 23.3 Å². The number of ether oxygens (including phenoxy) is 1. The summed E-state index contributed by atoms with van der Waals surface area (Å²) in [6.45, 7) is 6.04. The van der Waals surface area contributed by atoms with Crippen molar-refractivity contribution >= 4 is 11.6 Å². The van der Waals surface area contributed by atoms with Gasteiger partial charge >= 0.3 is 0 Å². The summed E-state index contributed by atoms with van der Waals surface area (Å²) in [6, 6.07) is 8.12. The number of hydrogen-bond acceptors (Lipinski definition) is 3. The fraction of sp³-hybridized carbons (Fsp3) is 0.375. The van der Waals surface area contributed by atoms with Crippen molar-refractivity contribution in [2.75, 3.05) is 0 Å². The molecule has 1 aromatic carbocycles. The molecule has 0 aliphatic heterocycles. The van der Waals surface area contributed by atoms with E-state index in [1.165, 1.54) is 18.4 Å². The zero-order valence-corrected chi connectivity index (χ0v) is 12.9. The van der Waals surface area contributed by atoms with E-state index in [9.17, 15) is 0 Å². The van der Waals surface area contributed by atoms with Crippen molar-refractivity contribution in [2.45, 2.75) is 40.0 Å². The van der Waals surface area contributed by atoms with Crippen LogP contribution in [0.3, 0.4) is 0 Å². The number of halogens is 1. The van der Waals surface area contributed by atoms with Gasteiger partial charge in [-0.2, -0.15) is 0 Å². The Hall–Kier alpha value is -1.61. The van der Waals surface area contributed by atoms with Gasteiger partial charge in [0.25, 0.3) is 0 Å². The predicted molar refractivity (Wildman–Crippen MR) is 81.6 cm³/mol. The Bertz CT molecular complexity index is 582. The molecule has 0 aliphatic carbocycles. The largest absolute Gasteiger partial charge is 0.437 e. The third-order valence-electron chi connectivity index (χ3n) is 3.38. The molecule has 0 radical (unpaired) electrons. The number of benzene rings is 1. The van der Waals surface area contributed by atoms with Crippen molar-refractivity contribution < 1.29 is 4.74 Å². The number of aryl methyl sites for hydroxylation is 1. The fourth-order valence-corrected chi connectivity index (χ4v) is 2.05. The molecule has 3 nitrogen and oxygen atoms in total. The molecule has 1 aromatic heterocycles. The van der Waals surface area contributed by atoms with Crippen molar-refractivity contribution in [1.29, 1.82) is 0 Å². The first-order valence-electron chi connectivity index (χ1n) is 6.88. The Kier molecular flexibility index (Phi) is 4.96. The van der Waals surface area contributed by atoms with Crippen LogP contribution in [-0.4, -0.2) is 10.2 Å². The maximum absolute atomic E-state index is 5.93. The minimum absolute atomic E-state index is 0.421. The normalized spacial score (nSPS) is 10.6. The maximum Gasteiger partial charge on any atom is 0.242 e. The third-order valence-corrected chi connectivity index (χ3v) is 3.74. The molecule has 20 heavy (non-hydrogen) atoms. The summed E-state index contributed by atoms with van der Waals surface area (Å²) >= 11 is 5.93. The molecule has 0 saturated carbocycles. The van der Waals surface area contributed by atoms with Gasteiger partial charge in [-0.05, 0) is 49.9 Å². The minimum atomic E-state index is 0.421. The van der Waals surface area contributed by atoms with Crippen molar-refractivity contribution in [2.24, 2.45) is 0 Å². The van der Waals surface area contributed by atoms with Crippen LogP contribution in [0.1, 0.15) is 36.5 Å². The Balaban J connectivity index is 2.12. The molecule has 0 bridgehead atoms. The summed E-state index contributed by atoms with van der Waals surface area (Å²) in [6.07, 6.45) is 3.52. The molecule has 1 heterocycles. The molecule has 4 heteroatoms. The van der Waals surface area contributed by atoms with E-state index in [1.54, 1.807) is 0 Å². The Labute approximate surface area is 125 Å². The average molecular weight is 291 g/mol. The third kappa shape index (κ3) is 3.48. The summed E-state index contributed by atoms with van der Waals surface area (Å²) in [5.41, 5.74) is 3.14. The number of hydrogen-bond donors (Lipinski definition) is 0. The van der Waals surface area contributed by atoms with Crippen LogP contribution in [0.4, 0.5) is 0 Å². The molecule has 0 N–H and O–H groups in total. The second kappa shape index (κ2) is 6.71. The highest BCUT2D eigenvalue weighted by Gasteiger charge is 2.10. The van der Waals surface area contributed by atoms with Crippen LogP contribution in [0.25, 0.3) is 0 Å². The van der Waals surface area contributed by atoms with Gasteiger partial charge in [-0.1, -0.05) is 37.1 Å². The molecule has 0 amide bonds. The van der Waals surface area contributed by atoms with E-state index in [-0.39, 0.29) is 0 Å². The molecular weight excluding hydrogens is 272 g/mol. The topological polar surface area (TPSA) is 35.0 Å². The van der Waals surface area contributed by atoms with E-state index >= 15 is 0 Å². The first-order chi connectivity index (χ1) is 9.61. The quantitative estimate of drug-likeness (QED) is 0.787. The molecule has 0 unspecified atom stereocenters. The van der Waals surface area contributed by atoms with Gasteiger partial charge in [-0.3, -0.25) is 0 Å². The highest BCUT2D eigenvalue weighted by atomic mass is 35.5. The van der Waals surface area contributed by atoms with E-state index in [2.05, 4.69) is 29.3 Å². The second-order valence-corrected chi connectivity index (χ2v) is 5.25. The first kappa shape index (κ1) is 14.8. The van der Waals surface area contributed by atoms with Crippen LogP contribution < -0.4 is 4.74 Å². The lowest BCUT2D eigenvalue weighted by molar-refractivity contribution is 0.450. The summed E-state index contributed by atoms with van der Waals surface area (Å²) in [5, 5.41) is 8.31. The standard InChI is InChI=1S/C16H19ClN2O/c1-4-5-6-13-7-9-14(10-8-13)20-16-12(3)11(2)15(17)18-19-16/h7-10H,4-6H2,1-3H3. The first-order valence-corrected chi connectivity index (χ1v) is 7.25. The van der Waals surface area contributed by atoms with E-state index in [0.29, 0.717) is 11.0 Å². The summed E-state index contributed by atoms with van der Waals surface area (Å²) in [4.78, 5) is 0. The average Bonchev–Trinajstić information content (AvgIpc) is 2.47. The maximum atomic E-state index is 5.93. The second-order valence-electron chi connectivity index (χ2n) is 4.90. The molecule has 2 rings (SSSR count). The number of unbranched alkanes of at least 4 members (excludes halogenated alkanes) is 1. The molecule has 106 valence electrons. The van der Waals surface area contributed by atoms with Gasteiger partial charge in [0.1, 0.15) is 5.75 Å². The van der Waals surface area contributed by atoms with Gasteiger partial charge in [0.15, 0.2) is 5.15 Å². The van der Waals surface area contributed by atoms with E-state index in [4.69, 9.17) is 16.3 Å². The van der Waals surface area contributed by atoms with Crippen LogP contribution >= 0.6 is 11.6 Å². The van der Waals surface area contributed by atoms with Gasteiger partial charge < -0.3 is 4.74 Å². The summed E-state index contributed by atoms with van der Waals surface area (Å²) < 4.78 is 5.77. The van der Waals surface area contributed by atoms with Gasteiger partial charge in [0, 0.05) is 5.56 Å².